The van der Waals surface area contributed by atoms with E-state index in [2.05, 4.69) is 5.32 Å². The predicted molar refractivity (Wildman–Crippen MR) is 47.6 cm³/mol. The Labute approximate surface area is 69.4 Å². The van der Waals surface area contributed by atoms with E-state index >= 15 is 0 Å². The van der Waals surface area contributed by atoms with E-state index in [0.717, 1.165) is 6.42 Å². The second-order valence-electron chi connectivity index (χ2n) is 4.02. The molecular formula is C9H20FN. The van der Waals surface area contributed by atoms with Gasteiger partial charge in [-0.1, -0.05) is 13.3 Å². The highest BCUT2D eigenvalue weighted by Gasteiger charge is 2.11. The molecule has 0 bridgehead atoms. The van der Waals surface area contributed by atoms with Crippen LogP contribution in [0.2, 0.25) is 0 Å². The Bertz CT molecular complexity index is 96.2. The van der Waals surface area contributed by atoms with E-state index in [9.17, 15) is 4.39 Å². The quantitative estimate of drug-likeness (QED) is 0.668. The minimum atomic E-state index is -0.681. The Morgan fingerprint density at radius 1 is 1.36 bits per heavy atom. The maximum Gasteiger partial charge on any atom is 0.112 e. The van der Waals surface area contributed by atoms with Crippen LogP contribution in [0.4, 0.5) is 4.39 Å². The molecule has 0 saturated carbocycles. The van der Waals surface area contributed by atoms with Crippen molar-refractivity contribution in [3.05, 3.63) is 0 Å². The Hall–Kier alpha value is -0.110. The van der Waals surface area contributed by atoms with Crippen LogP contribution in [-0.4, -0.2) is 18.3 Å². The van der Waals surface area contributed by atoms with Gasteiger partial charge in [0, 0.05) is 12.1 Å². The summed E-state index contributed by atoms with van der Waals surface area (Å²) >= 11 is 0. The summed E-state index contributed by atoms with van der Waals surface area (Å²) in [6, 6.07) is 0. The lowest BCUT2D eigenvalue weighted by molar-refractivity contribution is 0.271. The number of hydrogen-bond donors (Lipinski definition) is 1. The van der Waals surface area contributed by atoms with Gasteiger partial charge in [0.25, 0.3) is 0 Å². The molecule has 0 aliphatic rings. The van der Waals surface area contributed by atoms with E-state index in [1.165, 1.54) is 0 Å². The van der Waals surface area contributed by atoms with E-state index in [4.69, 9.17) is 0 Å². The fourth-order valence-electron chi connectivity index (χ4n) is 0.832. The first-order valence-corrected chi connectivity index (χ1v) is 4.35. The van der Waals surface area contributed by atoms with Gasteiger partial charge in [0.1, 0.15) is 6.17 Å². The monoisotopic (exact) mass is 161 g/mol. The van der Waals surface area contributed by atoms with Crippen molar-refractivity contribution < 1.29 is 4.39 Å². The first-order chi connectivity index (χ1) is 4.95. The summed E-state index contributed by atoms with van der Waals surface area (Å²) in [6.45, 7) is 8.63. The number of halogens is 1. The molecule has 0 aromatic heterocycles. The molecule has 0 aliphatic heterocycles. The first kappa shape index (κ1) is 10.9. The molecule has 1 unspecified atom stereocenters. The third kappa shape index (κ3) is 7.79. The standard InChI is InChI=1S/C9H20FN/c1-5-6-8(10)7-11-9(2,3)4/h8,11H,5-7H2,1-4H3. The molecule has 1 N–H and O–H groups in total. The zero-order valence-corrected chi connectivity index (χ0v) is 8.08. The van der Waals surface area contributed by atoms with E-state index in [1.807, 2.05) is 27.7 Å². The largest absolute Gasteiger partial charge is 0.309 e. The van der Waals surface area contributed by atoms with Gasteiger partial charge in [-0.05, 0) is 27.2 Å². The van der Waals surface area contributed by atoms with Gasteiger partial charge in [-0.2, -0.15) is 0 Å². The van der Waals surface area contributed by atoms with Crippen LogP contribution in [-0.2, 0) is 0 Å². The lowest BCUT2D eigenvalue weighted by Crippen LogP contribution is -2.39. The average Bonchev–Trinajstić information content (AvgIpc) is 1.83. The molecule has 0 aromatic carbocycles. The van der Waals surface area contributed by atoms with Gasteiger partial charge in [-0.25, -0.2) is 4.39 Å². The highest BCUT2D eigenvalue weighted by atomic mass is 19.1. The molecule has 11 heavy (non-hydrogen) atoms. The molecule has 0 aliphatic carbocycles. The molecule has 0 aromatic rings. The van der Waals surface area contributed by atoms with Crippen molar-refractivity contribution in [1.29, 1.82) is 0 Å². The normalized spacial score (nSPS) is 15.0. The molecule has 2 heteroatoms. The summed E-state index contributed by atoms with van der Waals surface area (Å²) in [5.41, 5.74) is 0.0398. The highest BCUT2D eigenvalue weighted by molar-refractivity contribution is 4.72. The van der Waals surface area contributed by atoms with Gasteiger partial charge >= 0.3 is 0 Å². The molecule has 1 nitrogen and oxygen atoms in total. The molecule has 68 valence electrons. The van der Waals surface area contributed by atoms with Crippen LogP contribution in [0.5, 0.6) is 0 Å². The third-order valence-electron chi connectivity index (χ3n) is 1.46. The summed E-state index contributed by atoms with van der Waals surface area (Å²) in [5.74, 6) is 0. The van der Waals surface area contributed by atoms with Gasteiger partial charge in [0.15, 0.2) is 0 Å². The molecule has 1 atom stereocenters. The fourth-order valence-corrected chi connectivity index (χ4v) is 0.832. The third-order valence-corrected chi connectivity index (χ3v) is 1.46. The molecular weight excluding hydrogens is 141 g/mol. The van der Waals surface area contributed by atoms with E-state index < -0.39 is 6.17 Å². The van der Waals surface area contributed by atoms with Crippen LogP contribution < -0.4 is 5.32 Å². The van der Waals surface area contributed by atoms with E-state index in [-0.39, 0.29) is 5.54 Å². The molecule has 0 fully saturated rings. The zero-order chi connectivity index (χ0) is 8.91. The van der Waals surface area contributed by atoms with Crippen molar-refractivity contribution in [3.63, 3.8) is 0 Å². The van der Waals surface area contributed by atoms with Crippen LogP contribution in [0.1, 0.15) is 40.5 Å². The van der Waals surface area contributed by atoms with E-state index in [0.29, 0.717) is 13.0 Å². The maximum atomic E-state index is 12.9. The highest BCUT2D eigenvalue weighted by Crippen LogP contribution is 2.03. The maximum absolute atomic E-state index is 12.9. The molecule has 0 heterocycles. The van der Waals surface area contributed by atoms with Crippen LogP contribution in [0.25, 0.3) is 0 Å². The smallest absolute Gasteiger partial charge is 0.112 e. The number of nitrogens with one attached hydrogen (secondary N) is 1. The Morgan fingerprint density at radius 2 is 1.91 bits per heavy atom. The van der Waals surface area contributed by atoms with Gasteiger partial charge in [-0.15, -0.1) is 0 Å². The number of hydrogen-bond acceptors (Lipinski definition) is 1. The predicted octanol–water partition coefficient (Wildman–Crippen LogP) is 2.51. The van der Waals surface area contributed by atoms with Crippen LogP contribution in [0.15, 0.2) is 0 Å². The van der Waals surface area contributed by atoms with E-state index in [1.54, 1.807) is 0 Å². The van der Waals surface area contributed by atoms with Crippen LogP contribution >= 0.6 is 0 Å². The second-order valence-corrected chi connectivity index (χ2v) is 4.02. The van der Waals surface area contributed by atoms with Crippen LogP contribution in [0.3, 0.4) is 0 Å². The van der Waals surface area contributed by atoms with Crippen LogP contribution in [0, 0.1) is 0 Å². The van der Waals surface area contributed by atoms with Crippen molar-refractivity contribution in [3.8, 4) is 0 Å². The number of alkyl halides is 1. The Balaban J connectivity index is 3.38. The average molecular weight is 161 g/mol. The zero-order valence-electron chi connectivity index (χ0n) is 8.08. The minimum Gasteiger partial charge on any atom is -0.309 e. The summed E-state index contributed by atoms with van der Waals surface area (Å²) in [4.78, 5) is 0. The van der Waals surface area contributed by atoms with Gasteiger partial charge in [-0.3, -0.25) is 0 Å². The lowest BCUT2D eigenvalue weighted by Gasteiger charge is -2.21. The summed E-state index contributed by atoms with van der Waals surface area (Å²) in [7, 11) is 0. The van der Waals surface area contributed by atoms with Crippen molar-refractivity contribution in [2.75, 3.05) is 6.54 Å². The molecule has 0 radical (unpaired) electrons. The Morgan fingerprint density at radius 3 is 2.27 bits per heavy atom. The van der Waals surface area contributed by atoms with Crippen molar-refractivity contribution in [2.45, 2.75) is 52.2 Å². The minimum absolute atomic E-state index is 0.0398. The summed E-state index contributed by atoms with van der Waals surface area (Å²) < 4.78 is 12.9. The first-order valence-electron chi connectivity index (χ1n) is 4.35. The summed E-state index contributed by atoms with van der Waals surface area (Å²) in [6.07, 6.45) is 0.912. The van der Waals surface area contributed by atoms with Crippen molar-refractivity contribution >= 4 is 0 Å². The molecule has 0 rings (SSSR count). The van der Waals surface area contributed by atoms with Gasteiger partial charge < -0.3 is 5.32 Å². The molecule has 0 saturated heterocycles. The lowest BCUT2D eigenvalue weighted by atomic mass is 10.1. The second kappa shape index (κ2) is 4.70. The van der Waals surface area contributed by atoms with Crippen molar-refractivity contribution in [2.24, 2.45) is 0 Å². The summed E-state index contributed by atoms with van der Waals surface area (Å²) in [5, 5.41) is 3.13. The topological polar surface area (TPSA) is 12.0 Å². The van der Waals surface area contributed by atoms with Gasteiger partial charge in [0.05, 0.1) is 0 Å². The molecule has 0 amide bonds. The Kier molecular flexibility index (Phi) is 4.66. The molecule has 0 spiro atoms. The fraction of sp³-hybridized carbons (Fsp3) is 1.00. The SMILES string of the molecule is CCCC(F)CNC(C)(C)C. The van der Waals surface area contributed by atoms with Gasteiger partial charge in [0.2, 0.25) is 0 Å². The van der Waals surface area contributed by atoms with Crippen molar-refractivity contribution in [1.82, 2.24) is 5.32 Å². The number of rotatable bonds is 4.